The van der Waals surface area contributed by atoms with Crippen LogP contribution in [-0.4, -0.2) is 21.9 Å². The highest BCUT2D eigenvalue weighted by Gasteiger charge is 2.40. The molecule has 1 N–H and O–H groups in total. The van der Waals surface area contributed by atoms with Gasteiger partial charge in [-0.05, 0) is 37.0 Å². The first-order chi connectivity index (χ1) is 9.74. The lowest BCUT2D eigenvalue weighted by molar-refractivity contribution is -0.117. The van der Waals surface area contributed by atoms with Gasteiger partial charge < -0.3 is 5.32 Å². The van der Waals surface area contributed by atoms with Gasteiger partial charge in [-0.3, -0.25) is 4.79 Å². The molecule has 1 amide bonds. The number of carbonyl (C=O) groups is 1. The van der Waals surface area contributed by atoms with Crippen LogP contribution in [0.3, 0.4) is 0 Å². The van der Waals surface area contributed by atoms with Crippen LogP contribution < -0.4 is 5.32 Å². The molecule has 0 aromatic carbocycles. The predicted molar refractivity (Wildman–Crippen MR) is 83.0 cm³/mol. The summed E-state index contributed by atoms with van der Waals surface area (Å²) in [4.78, 5) is 12.1. The van der Waals surface area contributed by atoms with Gasteiger partial charge in [0.15, 0.2) is 4.34 Å². The van der Waals surface area contributed by atoms with Gasteiger partial charge in [0.2, 0.25) is 11.0 Å². The molecule has 0 unspecified atom stereocenters. The van der Waals surface area contributed by atoms with E-state index in [1.54, 1.807) is 11.8 Å². The first kappa shape index (κ1) is 14.1. The van der Waals surface area contributed by atoms with Gasteiger partial charge >= 0.3 is 0 Å². The third kappa shape index (κ3) is 3.23. The number of anilines is 1. The fourth-order valence-electron chi connectivity index (χ4n) is 3.48. The van der Waals surface area contributed by atoms with Gasteiger partial charge in [0.25, 0.3) is 0 Å². The Morgan fingerprint density at radius 2 is 2.35 bits per heavy atom. The summed E-state index contributed by atoms with van der Waals surface area (Å²) in [5.41, 5.74) is 0. The quantitative estimate of drug-likeness (QED) is 0.496. The van der Waals surface area contributed by atoms with Crippen molar-refractivity contribution in [3.63, 3.8) is 0 Å². The van der Waals surface area contributed by atoms with Gasteiger partial charge in [0.1, 0.15) is 0 Å². The van der Waals surface area contributed by atoms with Crippen LogP contribution in [0.15, 0.2) is 17.0 Å². The van der Waals surface area contributed by atoms with E-state index in [0.29, 0.717) is 17.5 Å². The van der Waals surface area contributed by atoms with Gasteiger partial charge in [-0.1, -0.05) is 35.6 Å². The molecule has 0 spiro atoms. The van der Waals surface area contributed by atoms with Crippen molar-refractivity contribution in [3.8, 4) is 0 Å². The molecule has 1 heterocycles. The number of carbonyl (C=O) groups excluding carboxylic acids is 1. The van der Waals surface area contributed by atoms with Gasteiger partial charge in [-0.2, -0.15) is 0 Å². The molecule has 2 saturated carbocycles. The molecule has 1 aromatic heterocycles. The number of hydrogen-bond donors (Lipinski definition) is 1. The van der Waals surface area contributed by atoms with E-state index < -0.39 is 0 Å². The Hall–Kier alpha value is -0.880. The van der Waals surface area contributed by atoms with Crippen LogP contribution in [0.1, 0.15) is 32.1 Å². The van der Waals surface area contributed by atoms with E-state index in [9.17, 15) is 4.79 Å². The van der Waals surface area contributed by atoms with E-state index in [1.807, 2.05) is 6.08 Å². The maximum atomic E-state index is 12.1. The lowest BCUT2D eigenvalue weighted by Crippen LogP contribution is -2.20. The largest absolute Gasteiger partial charge is 0.300 e. The summed E-state index contributed by atoms with van der Waals surface area (Å²) in [6.07, 6.45) is 7.77. The van der Waals surface area contributed by atoms with Crippen molar-refractivity contribution in [1.82, 2.24) is 10.2 Å². The minimum absolute atomic E-state index is 0.0963. The van der Waals surface area contributed by atoms with Gasteiger partial charge in [-0.25, -0.2) is 0 Å². The first-order valence-corrected chi connectivity index (χ1v) is 8.92. The standard InChI is InChI=1S/C14H19N3OS2/c1-2-5-19-14-17-16-13(20-14)15-12(18)8-11-7-9-3-4-10(11)6-9/h2,9-11H,1,3-8H2,(H,15,16,18)/t9-,10+,11+/m0/s1. The van der Waals surface area contributed by atoms with Crippen LogP contribution in [-0.2, 0) is 4.79 Å². The third-order valence-electron chi connectivity index (χ3n) is 4.31. The van der Waals surface area contributed by atoms with Crippen LogP contribution >= 0.6 is 23.1 Å². The monoisotopic (exact) mass is 309 g/mol. The van der Waals surface area contributed by atoms with Crippen LogP contribution in [0.5, 0.6) is 0 Å². The second kappa shape index (κ2) is 6.26. The molecular formula is C14H19N3OS2. The zero-order valence-electron chi connectivity index (χ0n) is 11.4. The smallest absolute Gasteiger partial charge is 0.226 e. The van der Waals surface area contributed by atoms with Crippen molar-refractivity contribution in [2.45, 2.75) is 36.4 Å². The van der Waals surface area contributed by atoms with Gasteiger partial charge in [0, 0.05) is 12.2 Å². The molecule has 1 aromatic rings. The second-order valence-corrected chi connectivity index (χ2v) is 7.90. The number of nitrogens with one attached hydrogen (secondary N) is 1. The maximum Gasteiger partial charge on any atom is 0.226 e. The predicted octanol–water partition coefficient (Wildman–Crippen LogP) is 3.58. The van der Waals surface area contributed by atoms with Crippen molar-refractivity contribution < 1.29 is 4.79 Å². The van der Waals surface area contributed by atoms with Crippen molar-refractivity contribution in [2.24, 2.45) is 17.8 Å². The van der Waals surface area contributed by atoms with Crippen molar-refractivity contribution in [3.05, 3.63) is 12.7 Å². The second-order valence-electron chi connectivity index (χ2n) is 5.66. The molecule has 0 radical (unpaired) electrons. The van der Waals surface area contributed by atoms with Crippen molar-refractivity contribution in [2.75, 3.05) is 11.1 Å². The summed E-state index contributed by atoms with van der Waals surface area (Å²) in [7, 11) is 0. The Bertz CT molecular complexity index is 502. The van der Waals surface area contributed by atoms with E-state index in [2.05, 4.69) is 22.1 Å². The summed E-state index contributed by atoms with van der Waals surface area (Å²) in [6.45, 7) is 3.67. The molecule has 108 valence electrons. The Kier molecular flexibility index (Phi) is 4.41. The average Bonchev–Trinajstić information content (AvgIpc) is 3.12. The number of hydrogen-bond acceptors (Lipinski definition) is 5. The van der Waals surface area contributed by atoms with Crippen LogP contribution in [0.25, 0.3) is 0 Å². The molecule has 2 bridgehead atoms. The Balaban J connectivity index is 1.48. The number of aromatic nitrogens is 2. The topological polar surface area (TPSA) is 54.9 Å². The minimum Gasteiger partial charge on any atom is -0.300 e. The fourth-order valence-corrected chi connectivity index (χ4v) is 5.01. The molecule has 2 aliphatic rings. The Morgan fingerprint density at radius 1 is 1.45 bits per heavy atom. The van der Waals surface area contributed by atoms with E-state index in [4.69, 9.17) is 0 Å². The molecule has 3 rings (SSSR count). The summed E-state index contributed by atoms with van der Waals surface area (Å²) in [5, 5.41) is 11.6. The molecule has 6 heteroatoms. The van der Waals surface area contributed by atoms with Crippen LogP contribution in [0.2, 0.25) is 0 Å². The summed E-state index contributed by atoms with van der Waals surface area (Å²) in [5.74, 6) is 3.18. The molecule has 3 atom stereocenters. The van der Waals surface area contributed by atoms with E-state index in [-0.39, 0.29) is 5.91 Å². The van der Waals surface area contributed by atoms with Crippen LogP contribution in [0.4, 0.5) is 5.13 Å². The van der Waals surface area contributed by atoms with Crippen LogP contribution in [0, 0.1) is 17.8 Å². The van der Waals surface area contributed by atoms with E-state index in [0.717, 1.165) is 21.9 Å². The highest BCUT2D eigenvalue weighted by Crippen LogP contribution is 2.49. The van der Waals surface area contributed by atoms with Crippen molar-refractivity contribution in [1.29, 1.82) is 0 Å². The molecule has 4 nitrogen and oxygen atoms in total. The third-order valence-corrected chi connectivity index (χ3v) is 6.28. The Labute approximate surface area is 127 Å². The van der Waals surface area contributed by atoms with Crippen molar-refractivity contribution >= 4 is 34.1 Å². The number of nitrogens with zero attached hydrogens (tertiary/aromatic N) is 2. The Morgan fingerprint density at radius 3 is 3.05 bits per heavy atom. The molecule has 0 aliphatic heterocycles. The van der Waals surface area contributed by atoms with E-state index in [1.165, 1.54) is 37.0 Å². The molecule has 2 fully saturated rings. The van der Waals surface area contributed by atoms with E-state index >= 15 is 0 Å². The van der Waals surface area contributed by atoms with Gasteiger partial charge in [-0.15, -0.1) is 16.8 Å². The average molecular weight is 309 g/mol. The number of rotatable bonds is 6. The highest BCUT2D eigenvalue weighted by molar-refractivity contribution is 8.01. The number of fused-ring (bicyclic) bond motifs is 2. The summed E-state index contributed by atoms with van der Waals surface area (Å²) < 4.78 is 0.875. The lowest BCUT2D eigenvalue weighted by Gasteiger charge is -2.20. The maximum absolute atomic E-state index is 12.1. The zero-order valence-corrected chi connectivity index (χ0v) is 13.0. The molecular weight excluding hydrogens is 290 g/mol. The zero-order chi connectivity index (χ0) is 13.9. The molecule has 2 aliphatic carbocycles. The summed E-state index contributed by atoms with van der Waals surface area (Å²) in [6, 6.07) is 0. The minimum atomic E-state index is 0.0963. The fraction of sp³-hybridized carbons (Fsp3) is 0.643. The highest BCUT2D eigenvalue weighted by atomic mass is 32.2. The molecule has 0 saturated heterocycles. The SMILES string of the molecule is C=CCSc1nnc(NC(=O)C[C@H]2C[C@H]3CC[C@@H]2C3)s1. The number of thioether (sulfide) groups is 1. The normalized spacial score (nSPS) is 27.7. The molecule has 20 heavy (non-hydrogen) atoms. The number of amides is 1. The lowest BCUT2D eigenvalue weighted by atomic mass is 9.86. The first-order valence-electron chi connectivity index (χ1n) is 7.11. The summed E-state index contributed by atoms with van der Waals surface area (Å²) >= 11 is 3.02. The van der Waals surface area contributed by atoms with Gasteiger partial charge in [0.05, 0.1) is 0 Å².